The van der Waals surface area contributed by atoms with Crippen LogP contribution in [0, 0.1) is 5.92 Å². The molecule has 2 rings (SSSR count). The van der Waals surface area contributed by atoms with Crippen molar-refractivity contribution in [2.24, 2.45) is 5.92 Å². The van der Waals surface area contributed by atoms with Crippen LogP contribution >= 0.6 is 0 Å². The molecule has 0 spiro atoms. The Bertz CT molecular complexity index is 421. The lowest BCUT2D eigenvalue weighted by Gasteiger charge is -2.31. The van der Waals surface area contributed by atoms with Crippen molar-refractivity contribution in [3.63, 3.8) is 0 Å². The van der Waals surface area contributed by atoms with Crippen LogP contribution in [0.4, 0.5) is 0 Å². The molecule has 0 saturated heterocycles. The molecule has 0 bridgehead atoms. The van der Waals surface area contributed by atoms with Crippen molar-refractivity contribution in [2.75, 3.05) is 6.54 Å². The van der Waals surface area contributed by atoms with Gasteiger partial charge in [0.05, 0.1) is 0 Å². The first-order valence-electron chi connectivity index (χ1n) is 7.70. The van der Waals surface area contributed by atoms with Gasteiger partial charge in [0.15, 0.2) is 0 Å². The Labute approximate surface area is 116 Å². The molecular weight excluding hydrogens is 236 g/mol. The lowest BCUT2D eigenvalue weighted by molar-refractivity contribution is 0.246. The lowest BCUT2D eigenvalue weighted by atomic mass is 9.83. The Hall–Kier alpha value is -1.09. The smallest absolute Gasteiger partial charge is 0.250 e. The number of hydrogen-bond acceptors (Lipinski definition) is 2. The fourth-order valence-electron chi connectivity index (χ4n) is 3.07. The average Bonchev–Trinajstić information content (AvgIpc) is 2.46. The maximum absolute atomic E-state index is 11.8. The Morgan fingerprint density at radius 2 is 2.11 bits per heavy atom. The van der Waals surface area contributed by atoms with Crippen LogP contribution in [0.1, 0.15) is 45.4 Å². The Morgan fingerprint density at radius 1 is 1.32 bits per heavy atom. The summed E-state index contributed by atoms with van der Waals surface area (Å²) in [5, 5.41) is 3.66. The zero-order valence-electron chi connectivity index (χ0n) is 12.0. The van der Waals surface area contributed by atoms with E-state index in [1.54, 1.807) is 6.07 Å². The van der Waals surface area contributed by atoms with Crippen LogP contribution in [0.5, 0.6) is 0 Å². The summed E-state index contributed by atoms with van der Waals surface area (Å²) in [6, 6.07) is 5.85. The van der Waals surface area contributed by atoms with Gasteiger partial charge in [0.1, 0.15) is 0 Å². The molecule has 1 fully saturated rings. The van der Waals surface area contributed by atoms with Crippen LogP contribution in [0.2, 0.25) is 0 Å². The first-order valence-corrected chi connectivity index (χ1v) is 7.70. The summed E-state index contributed by atoms with van der Waals surface area (Å²) in [5.74, 6) is 0.729. The largest absolute Gasteiger partial charge is 0.314 e. The van der Waals surface area contributed by atoms with Crippen LogP contribution in [-0.2, 0) is 6.54 Å². The Kier molecular flexibility index (Phi) is 5.64. The van der Waals surface area contributed by atoms with E-state index in [9.17, 15) is 4.79 Å². The molecule has 19 heavy (non-hydrogen) atoms. The minimum atomic E-state index is 0.113. The summed E-state index contributed by atoms with van der Waals surface area (Å²) in [7, 11) is 0. The molecule has 0 radical (unpaired) electrons. The van der Waals surface area contributed by atoms with Crippen molar-refractivity contribution in [3.8, 4) is 0 Å². The molecule has 1 atom stereocenters. The predicted octanol–water partition coefficient (Wildman–Crippen LogP) is 2.80. The summed E-state index contributed by atoms with van der Waals surface area (Å²) in [4.78, 5) is 11.8. The van der Waals surface area contributed by atoms with Crippen LogP contribution < -0.4 is 10.9 Å². The molecule has 3 heteroatoms. The fraction of sp³-hybridized carbons (Fsp3) is 0.688. The van der Waals surface area contributed by atoms with E-state index in [1.807, 2.05) is 22.9 Å². The van der Waals surface area contributed by atoms with Crippen molar-refractivity contribution in [3.05, 3.63) is 34.7 Å². The van der Waals surface area contributed by atoms with E-state index in [0.717, 1.165) is 25.4 Å². The number of hydrogen-bond donors (Lipinski definition) is 1. The summed E-state index contributed by atoms with van der Waals surface area (Å²) >= 11 is 0. The molecule has 1 unspecified atom stereocenters. The van der Waals surface area contributed by atoms with Gasteiger partial charge < -0.3 is 9.88 Å². The van der Waals surface area contributed by atoms with Crippen LogP contribution in [0.15, 0.2) is 29.2 Å². The quantitative estimate of drug-likeness (QED) is 0.855. The van der Waals surface area contributed by atoms with E-state index in [-0.39, 0.29) is 5.56 Å². The highest BCUT2D eigenvalue weighted by Gasteiger charge is 2.23. The van der Waals surface area contributed by atoms with Gasteiger partial charge in [-0.3, -0.25) is 4.79 Å². The topological polar surface area (TPSA) is 34.0 Å². The molecular formula is C16H26N2O. The second kappa shape index (κ2) is 7.49. The summed E-state index contributed by atoms with van der Waals surface area (Å²) in [6.45, 7) is 4.05. The standard InChI is InChI=1S/C16H26N2O/c1-2-11-17-15(14-8-4-3-5-9-14)13-18-12-7-6-10-16(18)19/h6-7,10,12,14-15,17H,2-5,8-9,11,13H2,1H3. The highest BCUT2D eigenvalue weighted by molar-refractivity contribution is 4.94. The average molecular weight is 262 g/mol. The molecule has 1 aromatic heterocycles. The monoisotopic (exact) mass is 262 g/mol. The summed E-state index contributed by atoms with van der Waals surface area (Å²) < 4.78 is 1.85. The molecule has 1 aliphatic carbocycles. The minimum Gasteiger partial charge on any atom is -0.314 e. The van der Waals surface area contributed by atoms with Gasteiger partial charge in [0, 0.05) is 24.8 Å². The van der Waals surface area contributed by atoms with Crippen molar-refractivity contribution < 1.29 is 0 Å². The normalized spacial score (nSPS) is 18.4. The Balaban J connectivity index is 2.04. The van der Waals surface area contributed by atoms with Gasteiger partial charge in [0.25, 0.3) is 5.56 Å². The number of nitrogens with one attached hydrogen (secondary N) is 1. The summed E-state index contributed by atoms with van der Waals surface area (Å²) in [5.41, 5.74) is 0.113. The molecule has 3 nitrogen and oxygen atoms in total. The van der Waals surface area contributed by atoms with Crippen molar-refractivity contribution in [1.29, 1.82) is 0 Å². The fourth-order valence-corrected chi connectivity index (χ4v) is 3.07. The third-order valence-corrected chi connectivity index (χ3v) is 4.17. The molecule has 1 aromatic rings. The second-order valence-corrected chi connectivity index (χ2v) is 5.65. The molecule has 106 valence electrons. The number of nitrogens with zero attached hydrogens (tertiary/aromatic N) is 1. The van der Waals surface area contributed by atoms with Crippen molar-refractivity contribution in [2.45, 2.75) is 58.0 Å². The predicted molar refractivity (Wildman–Crippen MR) is 79.4 cm³/mol. The van der Waals surface area contributed by atoms with Crippen molar-refractivity contribution >= 4 is 0 Å². The van der Waals surface area contributed by atoms with E-state index in [0.29, 0.717) is 6.04 Å². The molecule has 1 aliphatic rings. The van der Waals surface area contributed by atoms with Gasteiger partial charge in [-0.05, 0) is 37.8 Å². The van der Waals surface area contributed by atoms with E-state index in [4.69, 9.17) is 0 Å². The molecule has 0 amide bonds. The SMILES string of the molecule is CCCNC(Cn1ccccc1=O)C1CCCCC1. The maximum atomic E-state index is 11.8. The van der Waals surface area contributed by atoms with Crippen LogP contribution in [0.3, 0.4) is 0 Å². The van der Waals surface area contributed by atoms with Gasteiger partial charge in [0.2, 0.25) is 0 Å². The van der Waals surface area contributed by atoms with Gasteiger partial charge in [-0.1, -0.05) is 32.3 Å². The van der Waals surface area contributed by atoms with Crippen molar-refractivity contribution in [1.82, 2.24) is 9.88 Å². The number of aromatic nitrogens is 1. The van der Waals surface area contributed by atoms with E-state index in [1.165, 1.54) is 32.1 Å². The van der Waals surface area contributed by atoms with Crippen LogP contribution in [0.25, 0.3) is 0 Å². The van der Waals surface area contributed by atoms with Gasteiger partial charge in [-0.2, -0.15) is 0 Å². The lowest BCUT2D eigenvalue weighted by Crippen LogP contribution is -2.42. The first kappa shape index (κ1) is 14.3. The molecule has 1 heterocycles. The van der Waals surface area contributed by atoms with Gasteiger partial charge in [-0.15, -0.1) is 0 Å². The molecule has 1 saturated carbocycles. The zero-order valence-corrected chi connectivity index (χ0v) is 12.0. The molecule has 0 aromatic carbocycles. The number of pyridine rings is 1. The second-order valence-electron chi connectivity index (χ2n) is 5.65. The summed E-state index contributed by atoms with van der Waals surface area (Å²) in [6.07, 6.45) is 9.74. The molecule has 1 N–H and O–H groups in total. The molecule has 0 aliphatic heterocycles. The highest BCUT2D eigenvalue weighted by atomic mass is 16.1. The third kappa shape index (κ3) is 4.20. The minimum absolute atomic E-state index is 0.113. The van der Waals surface area contributed by atoms with E-state index >= 15 is 0 Å². The third-order valence-electron chi connectivity index (χ3n) is 4.17. The van der Waals surface area contributed by atoms with Gasteiger partial charge in [-0.25, -0.2) is 0 Å². The van der Waals surface area contributed by atoms with Crippen LogP contribution in [-0.4, -0.2) is 17.2 Å². The Morgan fingerprint density at radius 3 is 2.79 bits per heavy atom. The first-order chi connectivity index (χ1) is 9.31. The zero-order chi connectivity index (χ0) is 13.5. The van der Waals surface area contributed by atoms with E-state index < -0.39 is 0 Å². The number of rotatable bonds is 6. The van der Waals surface area contributed by atoms with E-state index in [2.05, 4.69) is 12.2 Å². The van der Waals surface area contributed by atoms with Gasteiger partial charge >= 0.3 is 0 Å². The maximum Gasteiger partial charge on any atom is 0.250 e. The highest BCUT2D eigenvalue weighted by Crippen LogP contribution is 2.27.